The fourth-order valence-electron chi connectivity index (χ4n) is 1.97. The Morgan fingerprint density at radius 3 is 2.14 bits per heavy atom. The lowest BCUT2D eigenvalue weighted by Crippen LogP contribution is -2.34. The summed E-state index contributed by atoms with van der Waals surface area (Å²) in [6.45, 7) is 10.5. The highest BCUT2D eigenvalue weighted by Crippen LogP contribution is 2.22. The van der Waals surface area contributed by atoms with Crippen LogP contribution in [0.3, 0.4) is 0 Å². The molecule has 0 saturated carbocycles. The van der Waals surface area contributed by atoms with E-state index < -0.39 is 0 Å². The number of hydrogen-bond acceptors (Lipinski definition) is 1. The molecule has 0 aliphatic heterocycles. The van der Waals surface area contributed by atoms with Gasteiger partial charge < -0.3 is 4.90 Å². The molecule has 0 unspecified atom stereocenters. The number of halogens is 2. The standard InChI is InChI=1S/C17H25BrINO/c1-12(2)7-9-20(10-8-13(3)4)17(21)15-11-14(19)5-6-16(15)18/h5-6,11-13H,7-10H2,1-4H3. The number of nitrogens with zero attached hydrogens (tertiary/aromatic N) is 1. The van der Waals surface area contributed by atoms with E-state index in [0.29, 0.717) is 11.8 Å². The summed E-state index contributed by atoms with van der Waals surface area (Å²) in [5, 5.41) is 0. The first kappa shape index (κ1) is 18.9. The van der Waals surface area contributed by atoms with Crippen molar-refractivity contribution in [2.75, 3.05) is 13.1 Å². The Morgan fingerprint density at radius 2 is 1.67 bits per heavy atom. The highest BCUT2D eigenvalue weighted by Gasteiger charge is 2.19. The Balaban J connectivity index is 2.89. The van der Waals surface area contributed by atoms with Gasteiger partial charge in [-0.15, -0.1) is 0 Å². The fraction of sp³-hybridized carbons (Fsp3) is 0.588. The van der Waals surface area contributed by atoms with Crippen LogP contribution in [0.1, 0.15) is 50.9 Å². The molecule has 1 aromatic rings. The van der Waals surface area contributed by atoms with Crippen molar-refractivity contribution in [1.29, 1.82) is 0 Å². The fourth-order valence-corrected chi connectivity index (χ4v) is 2.88. The smallest absolute Gasteiger partial charge is 0.255 e. The maximum atomic E-state index is 12.8. The van der Waals surface area contributed by atoms with E-state index in [2.05, 4.69) is 66.2 Å². The molecule has 0 saturated heterocycles. The zero-order valence-corrected chi connectivity index (χ0v) is 17.1. The van der Waals surface area contributed by atoms with Gasteiger partial charge in [0.05, 0.1) is 5.56 Å². The van der Waals surface area contributed by atoms with Crippen molar-refractivity contribution >= 4 is 44.4 Å². The third-order valence-corrected chi connectivity index (χ3v) is 4.76. The van der Waals surface area contributed by atoms with E-state index in [4.69, 9.17) is 0 Å². The van der Waals surface area contributed by atoms with Crippen molar-refractivity contribution < 1.29 is 4.79 Å². The summed E-state index contributed by atoms with van der Waals surface area (Å²) in [7, 11) is 0. The van der Waals surface area contributed by atoms with Crippen LogP contribution in [-0.2, 0) is 0 Å². The Bertz CT molecular complexity index is 462. The number of amides is 1. The molecule has 2 nitrogen and oxygen atoms in total. The van der Waals surface area contributed by atoms with Crippen molar-refractivity contribution in [3.8, 4) is 0 Å². The van der Waals surface area contributed by atoms with Gasteiger partial charge in [-0.1, -0.05) is 27.7 Å². The molecule has 1 aromatic carbocycles. The van der Waals surface area contributed by atoms with Crippen molar-refractivity contribution in [3.63, 3.8) is 0 Å². The number of carbonyl (C=O) groups excluding carboxylic acids is 1. The molecule has 0 aromatic heterocycles. The molecular weight excluding hydrogens is 441 g/mol. The van der Waals surface area contributed by atoms with Crippen LogP contribution in [0.5, 0.6) is 0 Å². The molecule has 0 aliphatic rings. The lowest BCUT2D eigenvalue weighted by Gasteiger charge is -2.25. The second-order valence-electron chi connectivity index (χ2n) is 6.28. The molecule has 0 spiro atoms. The molecule has 0 heterocycles. The van der Waals surface area contributed by atoms with Gasteiger partial charge in [0.15, 0.2) is 0 Å². The maximum absolute atomic E-state index is 12.8. The second-order valence-corrected chi connectivity index (χ2v) is 8.38. The first-order chi connectivity index (χ1) is 9.81. The van der Waals surface area contributed by atoms with Gasteiger partial charge in [-0.25, -0.2) is 0 Å². The lowest BCUT2D eigenvalue weighted by molar-refractivity contribution is 0.0740. The van der Waals surface area contributed by atoms with Crippen LogP contribution in [-0.4, -0.2) is 23.9 Å². The Hall–Kier alpha value is -0.100. The second kappa shape index (κ2) is 9.13. The van der Waals surface area contributed by atoms with E-state index in [-0.39, 0.29) is 5.91 Å². The van der Waals surface area contributed by atoms with Crippen LogP contribution in [0.4, 0.5) is 0 Å². The summed E-state index contributed by atoms with van der Waals surface area (Å²) in [5.41, 5.74) is 0.773. The van der Waals surface area contributed by atoms with E-state index in [0.717, 1.165) is 39.5 Å². The van der Waals surface area contributed by atoms with Gasteiger partial charge in [-0.2, -0.15) is 0 Å². The third kappa shape index (κ3) is 6.68. The van der Waals surface area contributed by atoms with E-state index >= 15 is 0 Å². The molecule has 0 radical (unpaired) electrons. The van der Waals surface area contributed by atoms with Gasteiger partial charge in [0.25, 0.3) is 5.91 Å². The average Bonchev–Trinajstić information content (AvgIpc) is 2.40. The van der Waals surface area contributed by atoms with Crippen LogP contribution >= 0.6 is 38.5 Å². The Kier molecular flexibility index (Phi) is 8.24. The van der Waals surface area contributed by atoms with Gasteiger partial charge in [0.2, 0.25) is 0 Å². The zero-order chi connectivity index (χ0) is 16.0. The van der Waals surface area contributed by atoms with Crippen molar-refractivity contribution in [2.24, 2.45) is 11.8 Å². The minimum Gasteiger partial charge on any atom is -0.339 e. The zero-order valence-electron chi connectivity index (χ0n) is 13.3. The molecule has 0 fully saturated rings. The summed E-state index contributed by atoms with van der Waals surface area (Å²) < 4.78 is 1.97. The molecule has 1 amide bonds. The summed E-state index contributed by atoms with van der Waals surface area (Å²) in [6.07, 6.45) is 2.09. The average molecular weight is 466 g/mol. The Labute approximate surface area is 150 Å². The first-order valence-corrected chi connectivity index (χ1v) is 9.42. The number of rotatable bonds is 7. The predicted molar refractivity (Wildman–Crippen MR) is 102 cm³/mol. The molecule has 0 N–H and O–H groups in total. The summed E-state index contributed by atoms with van der Waals surface area (Å²) in [4.78, 5) is 14.8. The van der Waals surface area contributed by atoms with Crippen LogP contribution in [0.15, 0.2) is 22.7 Å². The molecule has 0 atom stereocenters. The van der Waals surface area contributed by atoms with Gasteiger partial charge in [-0.3, -0.25) is 4.79 Å². The number of hydrogen-bond donors (Lipinski definition) is 0. The minimum atomic E-state index is 0.140. The Morgan fingerprint density at radius 1 is 1.14 bits per heavy atom. The molecule has 118 valence electrons. The van der Waals surface area contributed by atoms with E-state index in [1.54, 1.807) is 0 Å². The summed E-state index contributed by atoms with van der Waals surface area (Å²) in [5.74, 6) is 1.36. The largest absolute Gasteiger partial charge is 0.339 e. The van der Waals surface area contributed by atoms with Gasteiger partial charge >= 0.3 is 0 Å². The highest BCUT2D eigenvalue weighted by atomic mass is 127. The van der Waals surface area contributed by atoms with E-state index in [1.165, 1.54) is 0 Å². The quantitative estimate of drug-likeness (QED) is 0.480. The highest BCUT2D eigenvalue weighted by molar-refractivity contribution is 14.1. The monoisotopic (exact) mass is 465 g/mol. The van der Waals surface area contributed by atoms with Crippen LogP contribution in [0.25, 0.3) is 0 Å². The van der Waals surface area contributed by atoms with Gasteiger partial charge in [0.1, 0.15) is 0 Å². The lowest BCUT2D eigenvalue weighted by atomic mass is 10.1. The maximum Gasteiger partial charge on any atom is 0.255 e. The molecular formula is C17H25BrINO. The molecule has 0 aliphatic carbocycles. The molecule has 4 heteroatoms. The van der Waals surface area contributed by atoms with Gasteiger partial charge in [0, 0.05) is 21.1 Å². The predicted octanol–water partition coefficient (Wildman–Crippen LogP) is 5.59. The van der Waals surface area contributed by atoms with Crippen LogP contribution < -0.4 is 0 Å². The van der Waals surface area contributed by atoms with Crippen LogP contribution in [0, 0.1) is 15.4 Å². The van der Waals surface area contributed by atoms with Crippen molar-refractivity contribution in [3.05, 3.63) is 31.8 Å². The van der Waals surface area contributed by atoms with Gasteiger partial charge in [-0.05, 0) is 81.4 Å². The number of benzene rings is 1. The van der Waals surface area contributed by atoms with Crippen LogP contribution in [0.2, 0.25) is 0 Å². The van der Waals surface area contributed by atoms with Crippen molar-refractivity contribution in [1.82, 2.24) is 4.90 Å². The summed E-state index contributed by atoms with van der Waals surface area (Å²) in [6, 6.07) is 5.93. The third-order valence-electron chi connectivity index (χ3n) is 3.40. The minimum absolute atomic E-state index is 0.140. The van der Waals surface area contributed by atoms with Crippen molar-refractivity contribution in [2.45, 2.75) is 40.5 Å². The van der Waals surface area contributed by atoms with E-state index in [1.807, 2.05) is 23.1 Å². The molecule has 21 heavy (non-hydrogen) atoms. The molecule has 1 rings (SSSR count). The SMILES string of the molecule is CC(C)CCN(CCC(C)C)C(=O)c1cc(I)ccc1Br. The topological polar surface area (TPSA) is 20.3 Å². The first-order valence-electron chi connectivity index (χ1n) is 7.55. The summed E-state index contributed by atoms with van der Waals surface area (Å²) >= 11 is 5.76. The molecule has 0 bridgehead atoms. The van der Waals surface area contributed by atoms with E-state index in [9.17, 15) is 4.79 Å². The normalized spacial score (nSPS) is 11.2. The number of carbonyl (C=O) groups is 1.